The summed E-state index contributed by atoms with van der Waals surface area (Å²) in [6, 6.07) is 10.3. The molecule has 0 aromatic heterocycles. The summed E-state index contributed by atoms with van der Waals surface area (Å²) in [4.78, 5) is 24.7. The minimum atomic E-state index is -1.12. The average molecular weight is 287 g/mol. The van der Waals surface area contributed by atoms with E-state index in [1.54, 1.807) is 19.1 Å². The van der Waals surface area contributed by atoms with E-state index in [0.29, 0.717) is 5.56 Å². The maximum absolute atomic E-state index is 13.5. The second-order valence-electron chi connectivity index (χ2n) is 4.65. The lowest BCUT2D eigenvalue weighted by Gasteiger charge is -2.19. The molecule has 0 aliphatic rings. The standard InChI is InChI=1S/C16H14FNO3/c1-10-7-8-11(9-13(10)17)15(19)18(2)14-6-4-3-5-12(14)16(20)21/h3-9H,1-2H3,(H,20,21). The summed E-state index contributed by atoms with van der Waals surface area (Å²) in [6.07, 6.45) is 0. The van der Waals surface area contributed by atoms with Crippen LogP contribution >= 0.6 is 0 Å². The van der Waals surface area contributed by atoms with Crippen molar-refractivity contribution in [1.29, 1.82) is 0 Å². The number of para-hydroxylation sites is 1. The zero-order chi connectivity index (χ0) is 15.6. The lowest BCUT2D eigenvalue weighted by atomic mass is 10.1. The predicted octanol–water partition coefficient (Wildman–Crippen LogP) is 3.11. The van der Waals surface area contributed by atoms with Gasteiger partial charge in [-0.2, -0.15) is 0 Å². The van der Waals surface area contributed by atoms with Crippen LogP contribution in [0.1, 0.15) is 26.3 Å². The molecule has 0 saturated carbocycles. The van der Waals surface area contributed by atoms with Gasteiger partial charge in [0.2, 0.25) is 0 Å². The monoisotopic (exact) mass is 287 g/mol. The fourth-order valence-electron chi connectivity index (χ4n) is 1.98. The number of carbonyl (C=O) groups excluding carboxylic acids is 1. The summed E-state index contributed by atoms with van der Waals surface area (Å²) in [5.74, 6) is -2.07. The van der Waals surface area contributed by atoms with Crippen molar-refractivity contribution in [1.82, 2.24) is 0 Å². The van der Waals surface area contributed by atoms with Crippen molar-refractivity contribution in [2.75, 3.05) is 11.9 Å². The number of rotatable bonds is 3. The van der Waals surface area contributed by atoms with Crippen LogP contribution < -0.4 is 4.90 Å². The molecule has 0 bridgehead atoms. The van der Waals surface area contributed by atoms with Crippen molar-refractivity contribution < 1.29 is 19.1 Å². The fraction of sp³-hybridized carbons (Fsp3) is 0.125. The van der Waals surface area contributed by atoms with Gasteiger partial charge in [-0.1, -0.05) is 18.2 Å². The van der Waals surface area contributed by atoms with Crippen molar-refractivity contribution in [3.63, 3.8) is 0 Å². The fourth-order valence-corrected chi connectivity index (χ4v) is 1.98. The van der Waals surface area contributed by atoms with E-state index < -0.39 is 17.7 Å². The maximum Gasteiger partial charge on any atom is 0.337 e. The Labute approximate surface area is 121 Å². The number of halogens is 1. The van der Waals surface area contributed by atoms with Gasteiger partial charge in [-0.3, -0.25) is 4.79 Å². The summed E-state index contributed by atoms with van der Waals surface area (Å²) in [5.41, 5.74) is 0.887. The van der Waals surface area contributed by atoms with Crippen LogP contribution in [0.4, 0.5) is 10.1 Å². The maximum atomic E-state index is 13.5. The van der Waals surface area contributed by atoms with Gasteiger partial charge in [-0.25, -0.2) is 9.18 Å². The Hall–Kier alpha value is -2.69. The Balaban J connectivity index is 2.40. The minimum absolute atomic E-state index is 0.0148. The Kier molecular flexibility index (Phi) is 4.03. The zero-order valence-electron chi connectivity index (χ0n) is 11.6. The van der Waals surface area contributed by atoms with Gasteiger partial charge in [0, 0.05) is 12.6 Å². The van der Waals surface area contributed by atoms with E-state index in [9.17, 15) is 14.0 Å². The molecule has 0 heterocycles. The van der Waals surface area contributed by atoms with E-state index in [2.05, 4.69) is 0 Å². The molecule has 0 saturated heterocycles. The first-order valence-electron chi connectivity index (χ1n) is 6.28. The smallest absolute Gasteiger partial charge is 0.337 e. The molecule has 1 N–H and O–H groups in total. The number of carboxylic acid groups (broad SMARTS) is 1. The molecule has 0 atom stereocenters. The molecular formula is C16H14FNO3. The Morgan fingerprint density at radius 2 is 1.81 bits per heavy atom. The molecular weight excluding hydrogens is 273 g/mol. The lowest BCUT2D eigenvalue weighted by Crippen LogP contribution is -2.28. The van der Waals surface area contributed by atoms with Crippen LogP contribution in [0.15, 0.2) is 42.5 Å². The summed E-state index contributed by atoms with van der Waals surface area (Å²) in [7, 11) is 1.46. The first kappa shape index (κ1) is 14.7. The van der Waals surface area contributed by atoms with Crippen molar-refractivity contribution in [3.05, 3.63) is 65.0 Å². The first-order valence-corrected chi connectivity index (χ1v) is 6.28. The van der Waals surface area contributed by atoms with Gasteiger partial charge < -0.3 is 10.0 Å². The number of benzene rings is 2. The van der Waals surface area contributed by atoms with Crippen LogP contribution in [-0.2, 0) is 0 Å². The van der Waals surface area contributed by atoms with E-state index in [-0.39, 0.29) is 16.8 Å². The highest BCUT2D eigenvalue weighted by Gasteiger charge is 2.19. The molecule has 0 fully saturated rings. The van der Waals surface area contributed by atoms with Crippen LogP contribution in [0.25, 0.3) is 0 Å². The van der Waals surface area contributed by atoms with E-state index >= 15 is 0 Å². The number of nitrogens with zero attached hydrogens (tertiary/aromatic N) is 1. The summed E-state index contributed by atoms with van der Waals surface area (Å²) in [5, 5.41) is 9.15. The molecule has 1 amide bonds. The molecule has 2 aromatic rings. The third kappa shape index (κ3) is 2.91. The second-order valence-corrected chi connectivity index (χ2v) is 4.65. The largest absolute Gasteiger partial charge is 0.478 e. The number of anilines is 1. The van der Waals surface area contributed by atoms with Crippen LogP contribution in [-0.4, -0.2) is 24.0 Å². The number of amides is 1. The molecule has 0 radical (unpaired) electrons. The van der Waals surface area contributed by atoms with Gasteiger partial charge in [0.05, 0.1) is 11.3 Å². The lowest BCUT2D eigenvalue weighted by molar-refractivity contribution is 0.0697. The highest BCUT2D eigenvalue weighted by atomic mass is 19.1. The zero-order valence-corrected chi connectivity index (χ0v) is 11.6. The van der Waals surface area contributed by atoms with Gasteiger partial charge in [0.25, 0.3) is 5.91 Å². The minimum Gasteiger partial charge on any atom is -0.478 e. The number of aromatic carboxylic acids is 1. The molecule has 108 valence electrons. The topological polar surface area (TPSA) is 57.6 Å². The van der Waals surface area contributed by atoms with Crippen LogP contribution in [0.5, 0.6) is 0 Å². The molecule has 5 heteroatoms. The molecule has 2 aromatic carbocycles. The van der Waals surface area contributed by atoms with E-state index in [4.69, 9.17) is 5.11 Å². The SMILES string of the molecule is Cc1ccc(C(=O)N(C)c2ccccc2C(=O)O)cc1F. The molecule has 4 nitrogen and oxygen atoms in total. The summed E-state index contributed by atoms with van der Waals surface area (Å²) in [6.45, 7) is 1.60. The number of aryl methyl sites for hydroxylation is 1. The molecule has 21 heavy (non-hydrogen) atoms. The number of hydrogen-bond donors (Lipinski definition) is 1. The van der Waals surface area contributed by atoms with Crippen molar-refractivity contribution in [2.24, 2.45) is 0 Å². The van der Waals surface area contributed by atoms with E-state index in [1.807, 2.05) is 0 Å². The van der Waals surface area contributed by atoms with Crippen LogP contribution in [0.3, 0.4) is 0 Å². The Morgan fingerprint density at radius 3 is 2.43 bits per heavy atom. The first-order chi connectivity index (χ1) is 9.91. The van der Waals surface area contributed by atoms with Crippen LogP contribution in [0, 0.1) is 12.7 Å². The quantitative estimate of drug-likeness (QED) is 0.943. The predicted molar refractivity (Wildman–Crippen MR) is 77.3 cm³/mol. The number of carboxylic acids is 1. The third-order valence-electron chi connectivity index (χ3n) is 3.22. The van der Waals surface area contributed by atoms with Gasteiger partial charge >= 0.3 is 5.97 Å². The number of carbonyl (C=O) groups is 2. The van der Waals surface area contributed by atoms with Gasteiger partial charge in [0.15, 0.2) is 0 Å². The molecule has 0 spiro atoms. The van der Waals surface area contributed by atoms with Crippen molar-refractivity contribution in [3.8, 4) is 0 Å². The van der Waals surface area contributed by atoms with Gasteiger partial charge in [-0.05, 0) is 36.8 Å². The Morgan fingerprint density at radius 1 is 1.14 bits per heavy atom. The molecule has 0 unspecified atom stereocenters. The molecule has 0 aliphatic heterocycles. The third-order valence-corrected chi connectivity index (χ3v) is 3.22. The van der Waals surface area contributed by atoms with Crippen molar-refractivity contribution in [2.45, 2.75) is 6.92 Å². The molecule has 0 aliphatic carbocycles. The summed E-state index contributed by atoms with van der Waals surface area (Å²) < 4.78 is 13.5. The van der Waals surface area contributed by atoms with Gasteiger partial charge in [-0.15, -0.1) is 0 Å². The average Bonchev–Trinajstić information content (AvgIpc) is 2.48. The normalized spacial score (nSPS) is 10.2. The highest BCUT2D eigenvalue weighted by Crippen LogP contribution is 2.21. The second kappa shape index (κ2) is 5.75. The Bertz CT molecular complexity index is 712. The summed E-state index contributed by atoms with van der Waals surface area (Å²) >= 11 is 0. The molecule has 2 rings (SSSR count). The van der Waals surface area contributed by atoms with E-state index in [1.165, 1.54) is 36.2 Å². The number of hydrogen-bond acceptors (Lipinski definition) is 2. The van der Waals surface area contributed by atoms with Crippen LogP contribution in [0.2, 0.25) is 0 Å². The van der Waals surface area contributed by atoms with Crippen molar-refractivity contribution >= 4 is 17.6 Å². The highest BCUT2D eigenvalue weighted by molar-refractivity contribution is 6.09. The van der Waals surface area contributed by atoms with Gasteiger partial charge in [0.1, 0.15) is 5.82 Å². The van der Waals surface area contributed by atoms with E-state index in [0.717, 1.165) is 6.07 Å².